The van der Waals surface area contributed by atoms with Gasteiger partial charge in [-0.3, -0.25) is 0 Å². The first-order chi connectivity index (χ1) is 20.0. The van der Waals surface area contributed by atoms with Crippen LogP contribution in [0.25, 0.3) is 0 Å². The van der Waals surface area contributed by atoms with Gasteiger partial charge in [-0.1, -0.05) is 36.4 Å². The third-order valence-corrected chi connectivity index (χ3v) is 9.57. The normalized spacial score (nSPS) is 15.1. The lowest BCUT2D eigenvalue weighted by Gasteiger charge is -2.31. The van der Waals surface area contributed by atoms with Crippen molar-refractivity contribution in [1.29, 1.82) is 0 Å². The molecule has 1 aliphatic rings. The van der Waals surface area contributed by atoms with E-state index in [1.807, 2.05) is 26.0 Å². The maximum atomic E-state index is 14.0. The van der Waals surface area contributed by atoms with Crippen molar-refractivity contribution < 1.29 is 36.6 Å². The molecule has 8 nitrogen and oxygen atoms in total. The fourth-order valence-electron chi connectivity index (χ4n) is 5.63. The predicted octanol–water partition coefficient (Wildman–Crippen LogP) is 4.54. The lowest BCUT2D eigenvalue weighted by molar-refractivity contribution is -0.138. The lowest BCUT2D eigenvalue weighted by Crippen LogP contribution is -2.47. The third kappa shape index (κ3) is 8.20. The Morgan fingerprint density at radius 1 is 1.09 bits per heavy atom. The SMILES string of the molecule is CN(C[C@H](O)CNC(C)(C)CC1Cc2ccccc2C1)S(=O)(=O)c1ccc(Cc2ccc(C(=O)O)nc2)c(C(F)(F)F)c1. The Kier molecular flexibility index (Phi) is 9.65. The molecule has 0 saturated carbocycles. The number of carboxylic acids is 1. The molecule has 1 atom stereocenters. The number of nitrogens with zero attached hydrogens (tertiary/aromatic N) is 2. The number of aliphatic hydroxyl groups is 1. The number of hydrogen-bond acceptors (Lipinski definition) is 6. The zero-order valence-corrected chi connectivity index (χ0v) is 25.0. The number of halogens is 3. The molecule has 1 heterocycles. The minimum absolute atomic E-state index is 0.105. The van der Waals surface area contributed by atoms with Crippen molar-refractivity contribution >= 4 is 16.0 Å². The summed E-state index contributed by atoms with van der Waals surface area (Å²) in [5, 5.41) is 22.9. The quantitative estimate of drug-likeness (QED) is 0.272. The van der Waals surface area contributed by atoms with Gasteiger partial charge in [-0.2, -0.15) is 17.5 Å². The molecule has 0 fully saturated rings. The summed E-state index contributed by atoms with van der Waals surface area (Å²) in [6.07, 6.45) is -2.17. The first-order valence-electron chi connectivity index (χ1n) is 13.9. The average Bonchev–Trinajstić information content (AvgIpc) is 3.33. The van der Waals surface area contributed by atoms with Gasteiger partial charge in [-0.05, 0) is 85.9 Å². The van der Waals surface area contributed by atoms with E-state index in [1.165, 1.54) is 36.5 Å². The van der Waals surface area contributed by atoms with Crippen molar-refractivity contribution in [2.24, 2.45) is 5.92 Å². The standard InChI is InChI=1S/C31H36F3N3O5S/c1-30(2,16-21-13-22-6-4-5-7-23(22)14-21)36-18-25(38)19-37(3)43(41,42)26-10-9-24(27(15-26)31(32,33)34)12-20-8-11-28(29(39)40)35-17-20/h4-11,15,17,21,25,36,38H,12-14,16,18-19H2,1-3H3,(H,39,40)/t25-/m1/s1. The molecule has 0 bridgehead atoms. The van der Waals surface area contributed by atoms with Crippen molar-refractivity contribution in [3.63, 3.8) is 0 Å². The fourth-order valence-corrected chi connectivity index (χ4v) is 6.87. The number of nitrogens with one attached hydrogen (secondary N) is 1. The highest BCUT2D eigenvalue weighted by Gasteiger charge is 2.36. The van der Waals surface area contributed by atoms with E-state index in [9.17, 15) is 31.5 Å². The van der Waals surface area contributed by atoms with Crippen molar-refractivity contribution in [1.82, 2.24) is 14.6 Å². The molecular weight excluding hydrogens is 583 g/mol. The van der Waals surface area contributed by atoms with Crippen LogP contribution in [0, 0.1) is 5.92 Å². The molecule has 232 valence electrons. The Balaban J connectivity index is 1.39. The molecule has 2 aromatic carbocycles. The van der Waals surface area contributed by atoms with E-state index in [1.54, 1.807) is 0 Å². The summed E-state index contributed by atoms with van der Waals surface area (Å²) in [7, 11) is -3.14. The Bertz CT molecular complexity index is 1530. The van der Waals surface area contributed by atoms with Crippen LogP contribution in [0.2, 0.25) is 0 Å². The smallest absolute Gasteiger partial charge is 0.416 e. The van der Waals surface area contributed by atoms with Crippen LogP contribution in [0.3, 0.4) is 0 Å². The van der Waals surface area contributed by atoms with Crippen LogP contribution in [0.4, 0.5) is 13.2 Å². The van der Waals surface area contributed by atoms with Gasteiger partial charge in [0.2, 0.25) is 10.0 Å². The van der Waals surface area contributed by atoms with Gasteiger partial charge in [0.15, 0.2) is 0 Å². The Hall–Kier alpha value is -3.32. The van der Waals surface area contributed by atoms with Crippen LogP contribution >= 0.6 is 0 Å². The molecule has 3 N–H and O–H groups in total. The van der Waals surface area contributed by atoms with E-state index in [0.717, 1.165) is 35.7 Å². The van der Waals surface area contributed by atoms with Crippen molar-refractivity contribution in [3.05, 3.63) is 94.3 Å². The van der Waals surface area contributed by atoms with Crippen LogP contribution in [-0.4, -0.2) is 65.7 Å². The van der Waals surface area contributed by atoms with Gasteiger partial charge in [0, 0.05) is 31.9 Å². The number of alkyl halides is 3. The van der Waals surface area contributed by atoms with Crippen molar-refractivity contribution in [2.75, 3.05) is 20.1 Å². The van der Waals surface area contributed by atoms with E-state index in [2.05, 4.69) is 22.4 Å². The highest BCUT2D eigenvalue weighted by molar-refractivity contribution is 7.89. The number of aliphatic hydroxyl groups excluding tert-OH is 1. The second-order valence-electron chi connectivity index (χ2n) is 11.8. The van der Waals surface area contributed by atoms with Crippen LogP contribution < -0.4 is 5.32 Å². The molecule has 0 saturated heterocycles. The lowest BCUT2D eigenvalue weighted by atomic mass is 9.88. The van der Waals surface area contributed by atoms with Gasteiger partial charge in [0.1, 0.15) is 5.69 Å². The topological polar surface area (TPSA) is 120 Å². The maximum Gasteiger partial charge on any atom is 0.416 e. The van der Waals surface area contributed by atoms with Crippen LogP contribution in [-0.2, 0) is 35.5 Å². The van der Waals surface area contributed by atoms with Gasteiger partial charge in [0.25, 0.3) is 0 Å². The Labute approximate surface area is 249 Å². The molecule has 1 aromatic heterocycles. The molecule has 0 spiro atoms. The number of β-amino-alcohol motifs (C(OH)–C–C–N with tert-alkyl or cyclic N) is 1. The van der Waals surface area contributed by atoms with Crippen LogP contribution in [0.15, 0.2) is 65.7 Å². The van der Waals surface area contributed by atoms with Crippen LogP contribution in [0.1, 0.15) is 58.6 Å². The maximum absolute atomic E-state index is 14.0. The second kappa shape index (κ2) is 12.7. The number of pyridine rings is 1. The molecule has 0 radical (unpaired) electrons. The molecule has 1 aliphatic carbocycles. The first-order valence-corrected chi connectivity index (χ1v) is 15.3. The van der Waals surface area contributed by atoms with Crippen LogP contribution in [0.5, 0.6) is 0 Å². The first kappa shape index (κ1) is 32.6. The summed E-state index contributed by atoms with van der Waals surface area (Å²) in [5.41, 5.74) is 1.15. The van der Waals surface area contributed by atoms with Gasteiger partial charge in [-0.15, -0.1) is 0 Å². The summed E-state index contributed by atoms with van der Waals surface area (Å²) < 4.78 is 69.2. The minimum atomic E-state index is -4.84. The summed E-state index contributed by atoms with van der Waals surface area (Å²) in [6.45, 7) is 3.85. The summed E-state index contributed by atoms with van der Waals surface area (Å²) in [5.74, 6) is -0.813. The number of sulfonamides is 1. The fraction of sp³-hybridized carbons (Fsp3) is 0.419. The molecule has 12 heteroatoms. The molecule has 43 heavy (non-hydrogen) atoms. The molecule has 0 amide bonds. The Morgan fingerprint density at radius 3 is 2.30 bits per heavy atom. The third-order valence-electron chi connectivity index (χ3n) is 7.75. The number of benzene rings is 2. The monoisotopic (exact) mass is 619 g/mol. The summed E-state index contributed by atoms with van der Waals surface area (Å²) in [4.78, 5) is 14.2. The van der Waals surface area contributed by atoms with Crippen molar-refractivity contribution in [3.8, 4) is 0 Å². The largest absolute Gasteiger partial charge is 0.477 e. The number of carbonyl (C=O) groups is 1. The number of aromatic carboxylic acids is 1. The van der Waals surface area contributed by atoms with Crippen molar-refractivity contribution in [2.45, 2.75) is 62.2 Å². The number of hydrogen-bond donors (Lipinski definition) is 3. The predicted molar refractivity (Wildman–Crippen MR) is 155 cm³/mol. The van der Waals surface area contributed by atoms with E-state index in [0.29, 0.717) is 17.5 Å². The highest BCUT2D eigenvalue weighted by Crippen LogP contribution is 2.35. The molecule has 3 aromatic rings. The average molecular weight is 620 g/mol. The molecule has 0 aliphatic heterocycles. The summed E-state index contributed by atoms with van der Waals surface area (Å²) in [6, 6.07) is 13.7. The number of likely N-dealkylation sites (N-methyl/N-ethyl adjacent to an activating group) is 1. The van der Waals surface area contributed by atoms with Gasteiger partial charge in [-0.25, -0.2) is 18.2 Å². The van der Waals surface area contributed by atoms with Gasteiger partial charge < -0.3 is 15.5 Å². The van der Waals surface area contributed by atoms with E-state index >= 15 is 0 Å². The van der Waals surface area contributed by atoms with E-state index in [4.69, 9.17) is 5.11 Å². The molecule has 0 unspecified atom stereocenters. The summed E-state index contributed by atoms with van der Waals surface area (Å²) >= 11 is 0. The Morgan fingerprint density at radius 2 is 1.74 bits per heavy atom. The highest BCUT2D eigenvalue weighted by atomic mass is 32.2. The zero-order valence-electron chi connectivity index (χ0n) is 24.2. The number of carboxylic acid groups (broad SMARTS) is 1. The molecule has 4 rings (SSSR count). The van der Waals surface area contributed by atoms with Gasteiger partial charge in [0.05, 0.1) is 16.6 Å². The number of aromatic nitrogens is 1. The second-order valence-corrected chi connectivity index (χ2v) is 13.8. The van der Waals surface area contributed by atoms with Gasteiger partial charge >= 0.3 is 12.1 Å². The molecular formula is C31H36F3N3O5S. The number of rotatable bonds is 12. The zero-order chi connectivity index (χ0) is 31.6. The van der Waals surface area contributed by atoms with E-state index < -0.39 is 38.7 Å². The minimum Gasteiger partial charge on any atom is -0.477 e. The number of fused-ring (bicyclic) bond motifs is 1. The van der Waals surface area contributed by atoms with E-state index in [-0.39, 0.29) is 36.3 Å².